The van der Waals surface area contributed by atoms with Crippen LogP contribution in [0, 0.1) is 5.92 Å². The van der Waals surface area contributed by atoms with Gasteiger partial charge in [-0.15, -0.1) is 0 Å². The zero-order chi connectivity index (χ0) is 17.9. The zero-order valence-corrected chi connectivity index (χ0v) is 15.9. The van der Waals surface area contributed by atoms with Gasteiger partial charge in [-0.25, -0.2) is 0 Å². The molecule has 4 nitrogen and oxygen atoms in total. The first-order valence-electron chi connectivity index (χ1n) is 10.1. The molecule has 0 radical (unpaired) electrons. The minimum atomic E-state index is -0.268. The Morgan fingerprint density at radius 3 is 2.81 bits per heavy atom. The van der Waals surface area contributed by atoms with Crippen molar-refractivity contribution in [2.45, 2.75) is 62.0 Å². The Labute approximate surface area is 155 Å². The Hall–Kier alpha value is -1.39. The molecule has 0 spiro atoms. The van der Waals surface area contributed by atoms with E-state index in [4.69, 9.17) is 9.47 Å². The number of ether oxygens (including phenoxy) is 2. The lowest BCUT2D eigenvalue weighted by atomic mass is 9.49. The molecule has 1 saturated heterocycles. The van der Waals surface area contributed by atoms with Crippen LogP contribution < -0.4 is 4.74 Å². The summed E-state index contributed by atoms with van der Waals surface area (Å²) in [5.41, 5.74) is 2.12. The summed E-state index contributed by atoms with van der Waals surface area (Å²) < 4.78 is 12.2. The third kappa shape index (κ3) is 2.12. The minimum absolute atomic E-state index is 0.234. The number of benzene rings is 1. The van der Waals surface area contributed by atoms with Gasteiger partial charge in [0.25, 0.3) is 0 Å². The van der Waals surface area contributed by atoms with Gasteiger partial charge in [0.05, 0.1) is 12.7 Å². The van der Waals surface area contributed by atoms with Crippen molar-refractivity contribution in [2.75, 3.05) is 27.3 Å². The summed E-state index contributed by atoms with van der Waals surface area (Å²) in [6.07, 6.45) is 6.82. The van der Waals surface area contributed by atoms with Gasteiger partial charge in [0.1, 0.15) is 11.5 Å². The molecule has 1 aromatic carbocycles. The first-order valence-corrected chi connectivity index (χ1v) is 10.1. The van der Waals surface area contributed by atoms with Crippen LogP contribution >= 0.6 is 0 Å². The van der Waals surface area contributed by atoms with Crippen LogP contribution in [0.15, 0.2) is 18.2 Å². The number of likely N-dealkylation sites (tertiary alicyclic amines) is 1. The molecule has 0 amide bonds. The van der Waals surface area contributed by atoms with Crippen molar-refractivity contribution in [1.29, 1.82) is 0 Å². The molecule has 1 unspecified atom stereocenters. The number of nitrogens with zero attached hydrogens (tertiary/aromatic N) is 1. The van der Waals surface area contributed by atoms with E-state index >= 15 is 0 Å². The van der Waals surface area contributed by atoms with E-state index in [0.717, 1.165) is 37.5 Å². The van der Waals surface area contributed by atoms with Crippen LogP contribution in [0.2, 0.25) is 0 Å². The number of carbonyl (C=O) groups is 1. The second-order valence-corrected chi connectivity index (χ2v) is 8.79. The number of rotatable bonds is 4. The summed E-state index contributed by atoms with van der Waals surface area (Å²) >= 11 is 0. The maximum absolute atomic E-state index is 12.6. The Morgan fingerprint density at radius 1 is 1.23 bits per heavy atom. The maximum atomic E-state index is 12.6. The molecule has 2 bridgehead atoms. The largest absolute Gasteiger partial charge is 0.496 e. The molecular weight excluding hydrogens is 326 g/mol. The number of ketones is 1. The van der Waals surface area contributed by atoms with Crippen LogP contribution in [-0.2, 0) is 21.4 Å². The van der Waals surface area contributed by atoms with Gasteiger partial charge in [-0.2, -0.15) is 0 Å². The molecule has 1 heterocycles. The minimum Gasteiger partial charge on any atom is -0.496 e. The smallest absolute Gasteiger partial charge is 0.134 e. The normalized spacial score (nSPS) is 36.4. The first-order chi connectivity index (χ1) is 12.6. The van der Waals surface area contributed by atoms with Gasteiger partial charge in [0, 0.05) is 43.5 Å². The number of carbonyl (C=O) groups excluding carboxylic acids is 1. The summed E-state index contributed by atoms with van der Waals surface area (Å²) in [7, 11) is 3.62. The van der Waals surface area contributed by atoms with E-state index in [9.17, 15) is 4.79 Å². The number of piperidine rings is 1. The standard InChI is InChI=1S/C22H29NO3/c1-25-18-5-3-4-16-12-19-22(26-2)9-8-17(24)13-21(22,20(16)18)10-11-23(19)14-15-6-7-15/h3-5,15,19H,6-14H2,1-2H3/t19-,21-,22?/m0/s1. The van der Waals surface area contributed by atoms with Crippen molar-refractivity contribution in [3.05, 3.63) is 29.3 Å². The highest BCUT2D eigenvalue weighted by molar-refractivity contribution is 5.83. The monoisotopic (exact) mass is 355 g/mol. The van der Waals surface area contributed by atoms with Crippen LogP contribution in [0.25, 0.3) is 0 Å². The van der Waals surface area contributed by atoms with Gasteiger partial charge < -0.3 is 9.47 Å². The molecule has 1 aliphatic heterocycles. The molecule has 0 N–H and O–H groups in total. The number of fused-ring (bicyclic) bond motifs is 1. The van der Waals surface area contributed by atoms with Crippen LogP contribution in [0.1, 0.15) is 49.7 Å². The maximum Gasteiger partial charge on any atom is 0.134 e. The Kier molecular flexibility index (Phi) is 3.74. The third-order valence-corrected chi connectivity index (χ3v) is 7.67. The average Bonchev–Trinajstić information content (AvgIpc) is 3.47. The predicted octanol–water partition coefficient (Wildman–Crippen LogP) is 3.11. The van der Waals surface area contributed by atoms with E-state index in [-0.39, 0.29) is 11.0 Å². The summed E-state index contributed by atoms with van der Waals surface area (Å²) in [5, 5.41) is 0. The second kappa shape index (κ2) is 5.80. The number of Topliss-reactive ketones (excluding diaryl/α,β-unsaturated/α-hetero) is 1. The molecule has 1 aromatic rings. The highest BCUT2D eigenvalue weighted by atomic mass is 16.5. The van der Waals surface area contributed by atoms with Crippen molar-refractivity contribution in [3.8, 4) is 5.75 Å². The molecule has 4 aliphatic rings. The van der Waals surface area contributed by atoms with E-state index in [1.165, 1.54) is 30.5 Å². The second-order valence-electron chi connectivity index (χ2n) is 8.79. The van der Waals surface area contributed by atoms with E-state index in [1.807, 2.05) is 7.11 Å². The van der Waals surface area contributed by atoms with Crippen LogP contribution in [0.4, 0.5) is 0 Å². The van der Waals surface area contributed by atoms with Crippen molar-refractivity contribution < 1.29 is 14.3 Å². The fraction of sp³-hybridized carbons (Fsp3) is 0.682. The van der Waals surface area contributed by atoms with Crippen LogP contribution in [-0.4, -0.2) is 49.6 Å². The lowest BCUT2D eigenvalue weighted by Gasteiger charge is -2.65. The Bertz CT molecular complexity index is 743. The van der Waals surface area contributed by atoms with Gasteiger partial charge in [0.15, 0.2) is 0 Å². The average molecular weight is 355 g/mol. The third-order valence-electron chi connectivity index (χ3n) is 7.67. The van der Waals surface area contributed by atoms with Gasteiger partial charge >= 0.3 is 0 Å². The Balaban J connectivity index is 1.70. The molecule has 3 aliphatic carbocycles. The molecule has 4 heteroatoms. The molecule has 26 heavy (non-hydrogen) atoms. The first kappa shape index (κ1) is 16.8. The topological polar surface area (TPSA) is 38.8 Å². The van der Waals surface area contributed by atoms with Crippen molar-refractivity contribution >= 4 is 5.78 Å². The lowest BCUT2D eigenvalue weighted by molar-refractivity contribution is -0.188. The Morgan fingerprint density at radius 2 is 2.08 bits per heavy atom. The van der Waals surface area contributed by atoms with Crippen LogP contribution in [0.5, 0.6) is 5.75 Å². The molecular formula is C22H29NO3. The van der Waals surface area contributed by atoms with Gasteiger partial charge in [0.2, 0.25) is 0 Å². The number of hydrogen-bond acceptors (Lipinski definition) is 4. The fourth-order valence-electron chi connectivity index (χ4n) is 6.38. The molecule has 3 atom stereocenters. The van der Waals surface area contributed by atoms with E-state index in [1.54, 1.807) is 7.11 Å². The quantitative estimate of drug-likeness (QED) is 0.832. The van der Waals surface area contributed by atoms with Crippen molar-refractivity contribution in [3.63, 3.8) is 0 Å². The summed E-state index contributed by atoms with van der Waals surface area (Å²) in [6.45, 7) is 2.26. The number of hydrogen-bond donors (Lipinski definition) is 0. The number of methoxy groups -OCH3 is 2. The molecule has 0 aromatic heterocycles. The van der Waals surface area contributed by atoms with Gasteiger partial charge in [-0.1, -0.05) is 12.1 Å². The SMILES string of the molecule is COc1cccc2c1[C@@]13CCN(CC4CC4)[C@@H](C2)C1(OC)CCC(=O)C3. The van der Waals surface area contributed by atoms with E-state index < -0.39 is 0 Å². The highest BCUT2D eigenvalue weighted by Gasteiger charge is 2.66. The summed E-state index contributed by atoms with van der Waals surface area (Å²) in [4.78, 5) is 15.3. The predicted molar refractivity (Wildman–Crippen MR) is 99.7 cm³/mol. The highest BCUT2D eigenvalue weighted by Crippen LogP contribution is 2.61. The molecule has 2 saturated carbocycles. The zero-order valence-electron chi connectivity index (χ0n) is 15.9. The fourth-order valence-corrected chi connectivity index (χ4v) is 6.38. The van der Waals surface area contributed by atoms with E-state index in [0.29, 0.717) is 24.7 Å². The van der Waals surface area contributed by atoms with Gasteiger partial charge in [-0.05, 0) is 56.2 Å². The van der Waals surface area contributed by atoms with Gasteiger partial charge in [-0.3, -0.25) is 9.69 Å². The van der Waals surface area contributed by atoms with Crippen LogP contribution in [0.3, 0.4) is 0 Å². The summed E-state index contributed by atoms with van der Waals surface area (Å²) in [6, 6.07) is 6.77. The molecule has 5 rings (SSSR count). The van der Waals surface area contributed by atoms with Crippen molar-refractivity contribution in [2.24, 2.45) is 5.92 Å². The molecule has 140 valence electrons. The van der Waals surface area contributed by atoms with E-state index in [2.05, 4.69) is 23.1 Å². The van der Waals surface area contributed by atoms with Crippen molar-refractivity contribution in [1.82, 2.24) is 4.90 Å². The lowest BCUT2D eigenvalue weighted by Crippen LogP contribution is -2.74. The summed E-state index contributed by atoms with van der Waals surface area (Å²) in [5.74, 6) is 2.19. The molecule has 3 fully saturated rings.